The molecule has 208 valence electrons. The SMILES string of the molecule is Cc1cc(C)cc(/C=C2\c3cccc(O)c3C(O)=C3C(=O)[C@]4(O)C(O)=C(C(N)=O)C(=O)[C@@H](N(C)C)[C@H]4[C@@H](O)[C@H]32)c1. The number of ketones is 2. The lowest BCUT2D eigenvalue weighted by Crippen LogP contribution is -2.70. The third-order valence-corrected chi connectivity index (χ3v) is 8.10. The van der Waals surface area contributed by atoms with Crippen molar-refractivity contribution in [3.8, 4) is 5.75 Å². The van der Waals surface area contributed by atoms with Crippen LogP contribution in [-0.2, 0) is 14.4 Å². The summed E-state index contributed by atoms with van der Waals surface area (Å²) in [4.78, 5) is 41.1. The van der Waals surface area contributed by atoms with Crippen LogP contribution in [0.4, 0.5) is 0 Å². The zero-order chi connectivity index (χ0) is 29.4. The van der Waals surface area contributed by atoms with Crippen molar-refractivity contribution >= 4 is 34.9 Å². The number of aryl methyl sites for hydroxylation is 2. The number of fused-ring (bicyclic) bond motifs is 3. The maximum absolute atomic E-state index is 14.2. The first-order valence-electron chi connectivity index (χ1n) is 12.7. The molecule has 2 aromatic rings. The lowest BCUT2D eigenvalue weighted by Gasteiger charge is -2.53. The molecule has 7 N–H and O–H groups in total. The van der Waals surface area contributed by atoms with Gasteiger partial charge in [-0.1, -0.05) is 47.5 Å². The maximum Gasteiger partial charge on any atom is 0.255 e. The highest BCUT2D eigenvalue weighted by molar-refractivity contribution is 6.25. The Kier molecular flexibility index (Phi) is 6.25. The Bertz CT molecular complexity index is 1580. The summed E-state index contributed by atoms with van der Waals surface area (Å²) in [6.07, 6.45) is -0.00347. The summed E-state index contributed by atoms with van der Waals surface area (Å²) in [6, 6.07) is 8.79. The summed E-state index contributed by atoms with van der Waals surface area (Å²) < 4.78 is 0. The zero-order valence-corrected chi connectivity index (χ0v) is 22.3. The molecular formula is C30H30N2O8. The molecule has 1 saturated carbocycles. The van der Waals surface area contributed by atoms with Gasteiger partial charge in [0.05, 0.1) is 29.2 Å². The van der Waals surface area contributed by atoms with Crippen LogP contribution in [-0.4, -0.2) is 79.7 Å². The van der Waals surface area contributed by atoms with E-state index < -0.39 is 69.7 Å². The number of Topliss-reactive ketones (excluding diaryl/α,β-unsaturated/α-hetero) is 2. The molecule has 0 saturated heterocycles. The minimum absolute atomic E-state index is 0.0957. The summed E-state index contributed by atoms with van der Waals surface area (Å²) in [5, 5.41) is 56.9. The van der Waals surface area contributed by atoms with Gasteiger partial charge in [-0.05, 0) is 50.7 Å². The monoisotopic (exact) mass is 546 g/mol. The second kappa shape index (κ2) is 9.16. The number of aliphatic hydroxyl groups excluding tert-OH is 3. The van der Waals surface area contributed by atoms with E-state index in [0.717, 1.165) is 11.1 Å². The Morgan fingerprint density at radius 2 is 1.68 bits per heavy atom. The summed E-state index contributed by atoms with van der Waals surface area (Å²) in [5.74, 6) is -8.78. The number of nitrogens with zero attached hydrogens (tertiary/aromatic N) is 1. The Morgan fingerprint density at radius 1 is 1.05 bits per heavy atom. The first-order valence-corrected chi connectivity index (χ1v) is 12.7. The van der Waals surface area contributed by atoms with Crippen molar-refractivity contribution in [3.63, 3.8) is 0 Å². The highest BCUT2D eigenvalue weighted by atomic mass is 16.4. The number of hydrogen-bond donors (Lipinski definition) is 6. The van der Waals surface area contributed by atoms with Crippen molar-refractivity contribution in [2.45, 2.75) is 31.6 Å². The Balaban J connectivity index is 1.87. The molecule has 10 heteroatoms. The van der Waals surface area contributed by atoms with Crippen LogP contribution in [0.2, 0.25) is 0 Å². The van der Waals surface area contributed by atoms with Crippen LogP contribution in [0.25, 0.3) is 17.4 Å². The molecule has 2 aromatic carbocycles. The van der Waals surface area contributed by atoms with Gasteiger partial charge in [0.25, 0.3) is 5.91 Å². The molecule has 5 rings (SSSR count). The molecule has 0 heterocycles. The van der Waals surface area contributed by atoms with Gasteiger partial charge < -0.3 is 31.3 Å². The predicted octanol–water partition coefficient (Wildman–Crippen LogP) is 1.55. The Morgan fingerprint density at radius 3 is 2.25 bits per heavy atom. The van der Waals surface area contributed by atoms with Gasteiger partial charge in [-0.15, -0.1) is 0 Å². The molecule has 40 heavy (non-hydrogen) atoms. The van der Waals surface area contributed by atoms with Crippen LogP contribution in [0.1, 0.15) is 27.8 Å². The number of rotatable bonds is 3. The number of carbonyl (C=O) groups is 3. The van der Waals surface area contributed by atoms with Gasteiger partial charge in [0.15, 0.2) is 11.4 Å². The molecule has 1 amide bonds. The topological polar surface area (TPSA) is 182 Å². The maximum atomic E-state index is 14.2. The number of amides is 1. The number of phenols is 1. The van der Waals surface area contributed by atoms with Crippen molar-refractivity contribution in [1.82, 2.24) is 4.90 Å². The number of carbonyl (C=O) groups excluding carboxylic acids is 3. The Hall–Kier alpha value is -4.25. The molecule has 3 aliphatic rings. The van der Waals surface area contributed by atoms with Gasteiger partial charge in [-0.25, -0.2) is 0 Å². The van der Waals surface area contributed by atoms with Crippen LogP contribution in [0.15, 0.2) is 53.3 Å². The van der Waals surface area contributed by atoms with Crippen LogP contribution in [0.5, 0.6) is 5.75 Å². The fraction of sp³-hybridized carbons (Fsp3) is 0.300. The standard InChI is InChI=1S/C30H30N2O8/c1-12-8-13(2)10-14(9-12)11-16-15-6-5-7-17(33)18(15)24(34)20-19(16)25(35)22-23(32(3)4)26(36)21(29(31)39)28(38)30(22,40)27(20)37/h5-11,19,22-23,25,33-35,38,40H,1-4H3,(H2,31,39)/b16-11+/t19-,22-,23-,25-,30-/m0/s1. The van der Waals surface area contributed by atoms with Gasteiger partial charge in [-0.2, -0.15) is 0 Å². The number of nitrogens with two attached hydrogens (primary N) is 1. The summed E-state index contributed by atoms with van der Waals surface area (Å²) >= 11 is 0. The minimum Gasteiger partial charge on any atom is -0.508 e. The fourth-order valence-corrected chi connectivity index (χ4v) is 6.58. The number of hydrogen-bond acceptors (Lipinski definition) is 9. The van der Waals surface area contributed by atoms with E-state index in [1.807, 2.05) is 32.0 Å². The molecule has 3 aliphatic carbocycles. The van der Waals surface area contributed by atoms with Crippen LogP contribution in [0, 0.1) is 25.7 Å². The number of primary amides is 1. The fourth-order valence-electron chi connectivity index (χ4n) is 6.58. The van der Waals surface area contributed by atoms with Crippen LogP contribution < -0.4 is 5.73 Å². The van der Waals surface area contributed by atoms with E-state index in [1.165, 1.54) is 25.1 Å². The molecule has 0 aromatic heterocycles. The van der Waals surface area contributed by atoms with E-state index in [2.05, 4.69) is 0 Å². The highest BCUT2D eigenvalue weighted by Gasteiger charge is 2.68. The third kappa shape index (κ3) is 3.64. The second-order valence-corrected chi connectivity index (χ2v) is 10.9. The number of aliphatic hydroxyl groups is 4. The number of aromatic hydroxyl groups is 1. The lowest BCUT2D eigenvalue weighted by atomic mass is 9.55. The Labute approximate surface area is 230 Å². The first-order chi connectivity index (χ1) is 18.7. The lowest BCUT2D eigenvalue weighted by molar-refractivity contribution is -0.166. The quantitative estimate of drug-likeness (QED) is 0.311. The summed E-state index contributed by atoms with van der Waals surface area (Å²) in [5.41, 5.74) is 4.16. The smallest absolute Gasteiger partial charge is 0.255 e. The average Bonchev–Trinajstić information content (AvgIpc) is 2.84. The van der Waals surface area contributed by atoms with E-state index in [0.29, 0.717) is 16.7 Å². The van der Waals surface area contributed by atoms with Crippen LogP contribution >= 0.6 is 0 Å². The number of likely N-dealkylation sites (N-methyl/N-ethyl adjacent to an activating group) is 1. The molecule has 5 atom stereocenters. The van der Waals surface area contributed by atoms with Gasteiger partial charge in [0, 0.05) is 5.92 Å². The molecular weight excluding hydrogens is 516 g/mol. The molecule has 0 unspecified atom stereocenters. The normalized spacial score (nSPS) is 29.0. The van der Waals surface area contributed by atoms with Crippen molar-refractivity contribution < 1.29 is 39.9 Å². The zero-order valence-electron chi connectivity index (χ0n) is 22.3. The van der Waals surface area contributed by atoms with E-state index in [1.54, 1.807) is 18.2 Å². The largest absolute Gasteiger partial charge is 0.508 e. The van der Waals surface area contributed by atoms with Crippen LogP contribution in [0.3, 0.4) is 0 Å². The van der Waals surface area contributed by atoms with E-state index >= 15 is 0 Å². The van der Waals surface area contributed by atoms with Gasteiger partial charge >= 0.3 is 0 Å². The van der Waals surface area contributed by atoms with Crippen molar-refractivity contribution in [1.29, 1.82) is 0 Å². The summed E-state index contributed by atoms with van der Waals surface area (Å²) in [7, 11) is 2.93. The van der Waals surface area contributed by atoms with Gasteiger partial charge in [0.1, 0.15) is 22.8 Å². The molecule has 0 spiro atoms. The molecule has 0 aliphatic heterocycles. The first kappa shape index (κ1) is 27.3. The van der Waals surface area contributed by atoms with Gasteiger partial charge in [-0.3, -0.25) is 19.3 Å². The molecule has 0 radical (unpaired) electrons. The van der Waals surface area contributed by atoms with Crippen molar-refractivity contribution in [2.24, 2.45) is 17.6 Å². The molecule has 1 fully saturated rings. The molecule has 0 bridgehead atoms. The predicted molar refractivity (Wildman–Crippen MR) is 146 cm³/mol. The summed E-state index contributed by atoms with van der Waals surface area (Å²) in [6.45, 7) is 3.82. The second-order valence-electron chi connectivity index (χ2n) is 10.9. The average molecular weight is 547 g/mol. The number of phenolic OH excluding ortho intramolecular Hbond substituents is 1. The minimum atomic E-state index is -2.97. The number of benzene rings is 2. The molecule has 10 nitrogen and oxygen atoms in total. The van der Waals surface area contributed by atoms with E-state index in [9.17, 15) is 39.9 Å². The highest BCUT2D eigenvalue weighted by Crippen LogP contribution is 2.56. The van der Waals surface area contributed by atoms with Crippen molar-refractivity contribution in [2.75, 3.05) is 14.1 Å². The third-order valence-electron chi connectivity index (χ3n) is 8.10. The van der Waals surface area contributed by atoms with E-state index in [4.69, 9.17) is 5.73 Å². The van der Waals surface area contributed by atoms with Gasteiger partial charge in [0.2, 0.25) is 5.78 Å². The van der Waals surface area contributed by atoms with E-state index in [-0.39, 0.29) is 11.3 Å². The van der Waals surface area contributed by atoms with Crippen molar-refractivity contribution in [3.05, 3.63) is 81.1 Å².